The number of ether oxygens (including phenoxy) is 2. The van der Waals surface area contributed by atoms with Gasteiger partial charge in [0.1, 0.15) is 6.10 Å². The van der Waals surface area contributed by atoms with Crippen LogP contribution in [0.2, 0.25) is 0 Å². The maximum absolute atomic E-state index is 10.5. The van der Waals surface area contributed by atoms with Crippen molar-refractivity contribution < 1.29 is 19.1 Å². The summed E-state index contributed by atoms with van der Waals surface area (Å²) in [7, 11) is 1.33. The molecular weight excluding hydrogens is 208 g/mol. The molecule has 1 saturated carbocycles. The maximum atomic E-state index is 10.5. The van der Waals surface area contributed by atoms with Gasteiger partial charge in [-0.05, 0) is 26.2 Å². The van der Waals surface area contributed by atoms with Gasteiger partial charge in [-0.1, -0.05) is 13.2 Å². The van der Waals surface area contributed by atoms with Gasteiger partial charge in [-0.3, -0.25) is 0 Å². The molecule has 0 aliphatic heterocycles. The summed E-state index contributed by atoms with van der Waals surface area (Å²) in [5, 5.41) is 0. The second-order valence-electron chi connectivity index (χ2n) is 3.47. The highest BCUT2D eigenvalue weighted by Gasteiger charge is 2.19. The van der Waals surface area contributed by atoms with E-state index >= 15 is 0 Å². The Morgan fingerprint density at radius 3 is 2.12 bits per heavy atom. The molecule has 0 aromatic heterocycles. The van der Waals surface area contributed by atoms with Crippen LogP contribution < -0.4 is 0 Å². The van der Waals surface area contributed by atoms with Crippen molar-refractivity contribution in [2.75, 3.05) is 7.11 Å². The standard InChI is InChI=1S/C7H10O2.C5H8O2/c1-2-7(8)9-6-4-3-5-6;1-4(2)5(6)7-3/h2,6H,1,3-5H2;1H2,2-3H3. The normalized spacial score (nSPS) is 13.6. The van der Waals surface area contributed by atoms with Crippen molar-refractivity contribution in [3.8, 4) is 0 Å². The highest BCUT2D eigenvalue weighted by Crippen LogP contribution is 2.21. The van der Waals surface area contributed by atoms with E-state index in [1.165, 1.54) is 19.6 Å². The monoisotopic (exact) mass is 226 g/mol. The topological polar surface area (TPSA) is 52.6 Å². The average molecular weight is 226 g/mol. The third-order valence-corrected chi connectivity index (χ3v) is 2.04. The molecule has 0 amide bonds. The molecule has 1 rings (SSSR count). The third-order valence-electron chi connectivity index (χ3n) is 2.04. The van der Waals surface area contributed by atoms with Crippen molar-refractivity contribution in [2.45, 2.75) is 32.3 Å². The van der Waals surface area contributed by atoms with E-state index in [1.54, 1.807) is 6.92 Å². The Bertz CT molecular complexity index is 277. The quantitative estimate of drug-likeness (QED) is 0.545. The second kappa shape index (κ2) is 7.68. The fraction of sp³-hybridized carbons (Fsp3) is 0.500. The van der Waals surface area contributed by atoms with Crippen molar-refractivity contribution in [3.05, 3.63) is 24.8 Å². The average Bonchev–Trinajstić information content (AvgIpc) is 2.22. The van der Waals surface area contributed by atoms with Gasteiger partial charge in [0, 0.05) is 11.6 Å². The lowest BCUT2D eigenvalue weighted by Gasteiger charge is -2.24. The zero-order valence-corrected chi connectivity index (χ0v) is 9.82. The lowest BCUT2D eigenvalue weighted by molar-refractivity contribution is -0.146. The Kier molecular flexibility index (Phi) is 6.92. The SMILES string of the molecule is C=C(C)C(=O)OC.C=CC(=O)OC1CCC1. The fourth-order valence-corrected chi connectivity index (χ4v) is 0.875. The summed E-state index contributed by atoms with van der Waals surface area (Å²) in [6.45, 7) is 8.25. The Balaban J connectivity index is 0.000000293. The first-order valence-corrected chi connectivity index (χ1v) is 5.08. The predicted octanol–water partition coefficient (Wildman–Crippen LogP) is 2.00. The molecule has 0 aromatic carbocycles. The molecule has 0 unspecified atom stereocenters. The number of hydrogen-bond donors (Lipinski definition) is 0. The zero-order chi connectivity index (χ0) is 12.6. The molecule has 0 saturated heterocycles. The van der Waals surface area contributed by atoms with Crippen molar-refractivity contribution in [3.63, 3.8) is 0 Å². The number of carbonyl (C=O) groups excluding carboxylic acids is 2. The largest absolute Gasteiger partial charge is 0.466 e. The molecule has 0 radical (unpaired) electrons. The summed E-state index contributed by atoms with van der Waals surface area (Å²) in [4.78, 5) is 20.7. The fourth-order valence-electron chi connectivity index (χ4n) is 0.875. The van der Waals surface area contributed by atoms with Crippen molar-refractivity contribution in [1.29, 1.82) is 0 Å². The van der Waals surface area contributed by atoms with Crippen LogP contribution in [0.1, 0.15) is 26.2 Å². The van der Waals surface area contributed by atoms with Crippen LogP contribution in [-0.2, 0) is 19.1 Å². The van der Waals surface area contributed by atoms with Gasteiger partial charge >= 0.3 is 11.9 Å². The molecule has 0 atom stereocenters. The predicted molar refractivity (Wildman–Crippen MR) is 60.8 cm³/mol. The molecule has 0 aromatic rings. The summed E-state index contributed by atoms with van der Waals surface area (Å²) < 4.78 is 9.15. The molecule has 0 spiro atoms. The third kappa shape index (κ3) is 6.01. The highest BCUT2D eigenvalue weighted by molar-refractivity contribution is 5.86. The summed E-state index contributed by atoms with van der Waals surface area (Å²) >= 11 is 0. The van der Waals surface area contributed by atoms with Gasteiger partial charge in [-0.25, -0.2) is 9.59 Å². The number of esters is 2. The van der Waals surface area contributed by atoms with Crippen LogP contribution in [-0.4, -0.2) is 25.2 Å². The highest BCUT2D eigenvalue weighted by atomic mass is 16.5. The lowest BCUT2D eigenvalue weighted by Crippen LogP contribution is -2.23. The van der Waals surface area contributed by atoms with E-state index in [0.717, 1.165) is 12.8 Å². The summed E-state index contributed by atoms with van der Waals surface area (Å²) in [6, 6.07) is 0. The molecule has 0 N–H and O–H groups in total. The Hall–Kier alpha value is -1.58. The first kappa shape index (κ1) is 14.4. The molecule has 90 valence electrons. The Labute approximate surface area is 95.9 Å². The Morgan fingerprint density at radius 1 is 1.38 bits per heavy atom. The van der Waals surface area contributed by atoms with Crippen LogP contribution in [0.4, 0.5) is 0 Å². The van der Waals surface area contributed by atoms with Gasteiger partial charge in [0.05, 0.1) is 7.11 Å². The van der Waals surface area contributed by atoms with Gasteiger partial charge in [-0.15, -0.1) is 0 Å². The summed E-state index contributed by atoms with van der Waals surface area (Å²) in [5.41, 5.74) is 0.433. The smallest absolute Gasteiger partial charge is 0.332 e. The molecule has 1 aliphatic carbocycles. The van der Waals surface area contributed by atoms with Crippen LogP contribution in [0.5, 0.6) is 0 Å². The summed E-state index contributed by atoms with van der Waals surface area (Å²) in [6.07, 6.45) is 4.64. The molecule has 0 heterocycles. The number of hydrogen-bond acceptors (Lipinski definition) is 4. The van der Waals surface area contributed by atoms with Gasteiger partial charge in [-0.2, -0.15) is 0 Å². The molecule has 1 aliphatic rings. The van der Waals surface area contributed by atoms with Gasteiger partial charge in [0.2, 0.25) is 0 Å². The van der Waals surface area contributed by atoms with E-state index in [9.17, 15) is 9.59 Å². The minimum atomic E-state index is -0.347. The summed E-state index contributed by atoms with van der Waals surface area (Å²) in [5.74, 6) is -0.639. The van der Waals surface area contributed by atoms with Crippen LogP contribution in [0.25, 0.3) is 0 Å². The van der Waals surface area contributed by atoms with Crippen molar-refractivity contribution >= 4 is 11.9 Å². The first-order chi connectivity index (χ1) is 7.51. The molecular formula is C12H18O4. The van der Waals surface area contributed by atoms with E-state index in [-0.39, 0.29) is 18.0 Å². The van der Waals surface area contributed by atoms with Crippen molar-refractivity contribution in [2.24, 2.45) is 0 Å². The maximum Gasteiger partial charge on any atom is 0.332 e. The molecule has 4 nitrogen and oxygen atoms in total. The first-order valence-electron chi connectivity index (χ1n) is 5.08. The minimum Gasteiger partial charge on any atom is -0.466 e. The van der Waals surface area contributed by atoms with Gasteiger partial charge < -0.3 is 9.47 Å². The van der Waals surface area contributed by atoms with E-state index in [0.29, 0.717) is 5.57 Å². The van der Waals surface area contributed by atoms with Crippen molar-refractivity contribution in [1.82, 2.24) is 0 Å². The zero-order valence-electron chi connectivity index (χ0n) is 9.82. The van der Waals surface area contributed by atoms with E-state index in [4.69, 9.17) is 4.74 Å². The second-order valence-corrected chi connectivity index (χ2v) is 3.47. The van der Waals surface area contributed by atoms with Gasteiger partial charge in [0.25, 0.3) is 0 Å². The molecule has 16 heavy (non-hydrogen) atoms. The van der Waals surface area contributed by atoms with E-state index in [1.807, 2.05) is 0 Å². The molecule has 4 heteroatoms. The van der Waals surface area contributed by atoms with E-state index < -0.39 is 0 Å². The van der Waals surface area contributed by atoms with Crippen LogP contribution in [0.3, 0.4) is 0 Å². The minimum absolute atomic E-state index is 0.190. The molecule has 0 bridgehead atoms. The molecule has 1 fully saturated rings. The van der Waals surface area contributed by atoms with Crippen LogP contribution in [0, 0.1) is 0 Å². The van der Waals surface area contributed by atoms with E-state index in [2.05, 4.69) is 17.9 Å². The Morgan fingerprint density at radius 2 is 1.94 bits per heavy atom. The van der Waals surface area contributed by atoms with Crippen LogP contribution >= 0.6 is 0 Å². The number of methoxy groups -OCH3 is 1. The lowest BCUT2D eigenvalue weighted by atomic mass is 9.96. The van der Waals surface area contributed by atoms with Crippen LogP contribution in [0.15, 0.2) is 24.8 Å². The number of carbonyl (C=O) groups is 2. The van der Waals surface area contributed by atoms with Gasteiger partial charge in [0.15, 0.2) is 0 Å². The number of rotatable bonds is 3.